The number of nitrogens with one attached hydrogen (secondary N) is 1. The minimum Gasteiger partial charge on any atom is -0.452 e. The summed E-state index contributed by atoms with van der Waals surface area (Å²) in [5.74, 6) is -1.98. The Morgan fingerprint density at radius 2 is 1.82 bits per heavy atom. The van der Waals surface area contributed by atoms with Crippen molar-refractivity contribution in [1.82, 2.24) is 10.2 Å². The lowest BCUT2D eigenvalue weighted by atomic mass is 10.0. The highest BCUT2D eigenvalue weighted by Crippen LogP contribution is 2.24. The van der Waals surface area contributed by atoms with Crippen molar-refractivity contribution in [2.24, 2.45) is 0 Å². The van der Waals surface area contributed by atoms with Crippen LogP contribution in [0.5, 0.6) is 0 Å². The fourth-order valence-electron chi connectivity index (χ4n) is 2.70. The Labute approximate surface area is 164 Å². The van der Waals surface area contributed by atoms with Gasteiger partial charge < -0.3 is 14.8 Å². The number of esters is 1. The smallest absolute Gasteiger partial charge is 0.338 e. The van der Waals surface area contributed by atoms with E-state index in [0.29, 0.717) is 13.0 Å². The van der Waals surface area contributed by atoms with E-state index in [-0.39, 0.29) is 23.2 Å². The fourth-order valence-corrected chi connectivity index (χ4v) is 2.70. The van der Waals surface area contributed by atoms with Crippen LogP contribution < -0.4 is 5.32 Å². The van der Waals surface area contributed by atoms with E-state index < -0.39 is 35.8 Å². The van der Waals surface area contributed by atoms with Crippen molar-refractivity contribution in [2.75, 3.05) is 26.9 Å². The second kappa shape index (κ2) is 8.97. The van der Waals surface area contributed by atoms with Crippen LogP contribution in [0.15, 0.2) is 18.2 Å². The van der Waals surface area contributed by atoms with Gasteiger partial charge in [-0.1, -0.05) is 6.92 Å². The maximum absolute atomic E-state index is 12.5. The van der Waals surface area contributed by atoms with Crippen molar-refractivity contribution >= 4 is 23.7 Å². The molecule has 0 radical (unpaired) electrons. The monoisotopic (exact) mass is 390 g/mol. The lowest BCUT2D eigenvalue weighted by Gasteiger charge is -2.24. The minimum atomic E-state index is -0.731. The van der Waals surface area contributed by atoms with Gasteiger partial charge in [0.1, 0.15) is 0 Å². The van der Waals surface area contributed by atoms with E-state index in [0.717, 1.165) is 11.3 Å². The molecule has 0 saturated carbocycles. The Bertz CT molecular complexity index is 787. The summed E-state index contributed by atoms with van der Waals surface area (Å²) in [6, 6.07) is 4.18. The summed E-state index contributed by atoms with van der Waals surface area (Å²) < 4.78 is 9.97. The van der Waals surface area contributed by atoms with Crippen molar-refractivity contribution in [3.63, 3.8) is 0 Å². The average molecular weight is 390 g/mol. The first-order valence-electron chi connectivity index (χ1n) is 9.17. The predicted octanol–water partition coefficient (Wildman–Crippen LogP) is 1.78. The summed E-state index contributed by atoms with van der Waals surface area (Å²) >= 11 is 0. The molecular weight excluding hydrogens is 364 g/mol. The van der Waals surface area contributed by atoms with Crippen LogP contribution in [0.1, 0.15) is 64.7 Å². The molecule has 0 bridgehead atoms. The number of carbonyl (C=O) groups is 4. The van der Waals surface area contributed by atoms with Gasteiger partial charge in [-0.2, -0.15) is 0 Å². The zero-order chi connectivity index (χ0) is 20.9. The van der Waals surface area contributed by atoms with Crippen LogP contribution in [0, 0.1) is 0 Å². The molecule has 152 valence electrons. The van der Waals surface area contributed by atoms with E-state index in [1.165, 1.54) is 18.2 Å². The number of hydrogen-bond donors (Lipinski definition) is 1. The molecule has 0 saturated heterocycles. The Balaban J connectivity index is 2.02. The second-order valence-electron chi connectivity index (χ2n) is 7.23. The summed E-state index contributed by atoms with van der Waals surface area (Å²) in [5, 5.41) is 2.77. The van der Waals surface area contributed by atoms with Crippen molar-refractivity contribution in [3.05, 3.63) is 34.9 Å². The van der Waals surface area contributed by atoms with Gasteiger partial charge in [-0.15, -0.1) is 0 Å². The van der Waals surface area contributed by atoms with Crippen LogP contribution in [0.25, 0.3) is 0 Å². The van der Waals surface area contributed by atoms with E-state index in [1.807, 2.05) is 20.8 Å². The number of carbonyl (C=O) groups excluding carboxylic acids is 4. The van der Waals surface area contributed by atoms with Gasteiger partial charge in [0.25, 0.3) is 17.7 Å². The third kappa shape index (κ3) is 4.95. The van der Waals surface area contributed by atoms with Crippen LogP contribution >= 0.6 is 0 Å². The predicted molar refractivity (Wildman–Crippen MR) is 101 cm³/mol. The van der Waals surface area contributed by atoms with E-state index in [4.69, 9.17) is 9.47 Å². The number of nitrogens with zero attached hydrogens (tertiary/aromatic N) is 1. The summed E-state index contributed by atoms with van der Waals surface area (Å²) in [4.78, 5) is 50.1. The summed E-state index contributed by atoms with van der Waals surface area (Å²) in [6.07, 6.45) is 1.26. The first-order chi connectivity index (χ1) is 13.2. The zero-order valence-electron chi connectivity index (χ0n) is 16.7. The number of benzene rings is 1. The highest BCUT2D eigenvalue weighted by molar-refractivity contribution is 6.21. The number of fused-ring (bicyclic) bond motifs is 1. The Kier molecular flexibility index (Phi) is 6.90. The van der Waals surface area contributed by atoms with Crippen molar-refractivity contribution in [3.8, 4) is 0 Å². The van der Waals surface area contributed by atoms with Crippen molar-refractivity contribution in [2.45, 2.75) is 39.2 Å². The number of hydrogen-bond acceptors (Lipinski definition) is 6. The first kappa shape index (κ1) is 21.6. The third-order valence-electron chi connectivity index (χ3n) is 4.63. The number of imide groups is 1. The van der Waals surface area contributed by atoms with E-state index in [2.05, 4.69) is 5.32 Å². The molecule has 3 amide bonds. The average Bonchev–Trinajstić information content (AvgIpc) is 2.90. The molecule has 8 heteroatoms. The molecule has 28 heavy (non-hydrogen) atoms. The van der Waals surface area contributed by atoms with Crippen molar-refractivity contribution < 1.29 is 28.7 Å². The van der Waals surface area contributed by atoms with Crippen LogP contribution in [-0.2, 0) is 14.3 Å². The quantitative estimate of drug-likeness (QED) is 0.392. The van der Waals surface area contributed by atoms with Gasteiger partial charge in [-0.05, 0) is 44.9 Å². The van der Waals surface area contributed by atoms with Gasteiger partial charge in [0.15, 0.2) is 6.61 Å². The van der Waals surface area contributed by atoms with Crippen LogP contribution in [0.3, 0.4) is 0 Å². The molecule has 0 spiro atoms. The van der Waals surface area contributed by atoms with Gasteiger partial charge in [-0.3, -0.25) is 19.3 Å². The molecule has 1 N–H and O–H groups in total. The topological polar surface area (TPSA) is 102 Å². The number of rotatable bonds is 9. The molecule has 1 aromatic carbocycles. The summed E-state index contributed by atoms with van der Waals surface area (Å²) in [5.41, 5.74) is 0.131. The molecule has 0 fully saturated rings. The third-order valence-corrected chi connectivity index (χ3v) is 4.63. The lowest BCUT2D eigenvalue weighted by molar-refractivity contribution is -0.125. The molecule has 2 rings (SSSR count). The maximum Gasteiger partial charge on any atom is 0.338 e. The first-order valence-corrected chi connectivity index (χ1v) is 9.17. The summed E-state index contributed by atoms with van der Waals surface area (Å²) in [7, 11) is 1.55. The lowest BCUT2D eigenvalue weighted by Crippen LogP contribution is -2.44. The second-order valence-corrected chi connectivity index (χ2v) is 7.23. The number of amides is 3. The number of methoxy groups -OCH3 is 1. The van der Waals surface area contributed by atoms with E-state index in [9.17, 15) is 19.2 Å². The highest BCUT2D eigenvalue weighted by Gasteiger charge is 2.35. The van der Waals surface area contributed by atoms with Gasteiger partial charge >= 0.3 is 5.97 Å². The van der Waals surface area contributed by atoms with Gasteiger partial charge in [0, 0.05) is 25.8 Å². The van der Waals surface area contributed by atoms with Gasteiger partial charge in [0.2, 0.25) is 0 Å². The largest absolute Gasteiger partial charge is 0.452 e. The zero-order valence-corrected chi connectivity index (χ0v) is 16.7. The van der Waals surface area contributed by atoms with Crippen molar-refractivity contribution in [1.29, 1.82) is 0 Å². The number of ether oxygens (including phenoxy) is 2. The Morgan fingerprint density at radius 1 is 1.14 bits per heavy atom. The SMILES string of the molecule is CCC(C)(C)NC(=O)COC(=O)c1ccc2c(c1)C(=O)N(CCCOC)C2=O. The molecule has 0 unspecified atom stereocenters. The minimum absolute atomic E-state index is 0.112. The van der Waals surface area contributed by atoms with Gasteiger partial charge in [0.05, 0.1) is 16.7 Å². The van der Waals surface area contributed by atoms with E-state index >= 15 is 0 Å². The summed E-state index contributed by atoms with van der Waals surface area (Å²) in [6.45, 7) is 5.93. The fraction of sp³-hybridized carbons (Fsp3) is 0.500. The maximum atomic E-state index is 12.5. The Morgan fingerprint density at radius 3 is 2.46 bits per heavy atom. The van der Waals surface area contributed by atoms with Crippen LogP contribution in [0.2, 0.25) is 0 Å². The molecule has 0 aromatic heterocycles. The standard InChI is InChI=1S/C20H26N2O6/c1-5-20(2,3)21-16(23)12-28-19(26)13-7-8-14-15(11-13)18(25)22(17(14)24)9-6-10-27-4/h7-8,11H,5-6,9-10,12H2,1-4H3,(H,21,23). The molecule has 8 nitrogen and oxygen atoms in total. The van der Waals surface area contributed by atoms with E-state index in [1.54, 1.807) is 7.11 Å². The van der Waals surface area contributed by atoms with Crippen LogP contribution in [0.4, 0.5) is 0 Å². The Hall–Kier alpha value is -2.74. The highest BCUT2D eigenvalue weighted by atomic mass is 16.5. The molecule has 0 atom stereocenters. The normalized spacial score (nSPS) is 13.5. The molecule has 1 heterocycles. The molecule has 1 aliphatic heterocycles. The van der Waals surface area contributed by atoms with Gasteiger partial charge in [-0.25, -0.2) is 4.79 Å². The molecule has 1 aromatic rings. The molecular formula is C20H26N2O6. The molecule has 0 aliphatic carbocycles. The van der Waals surface area contributed by atoms with Crippen LogP contribution in [-0.4, -0.2) is 61.0 Å². The molecule has 1 aliphatic rings.